The fourth-order valence-electron chi connectivity index (χ4n) is 4.36. The minimum atomic E-state index is 0.185. The third-order valence-corrected chi connectivity index (χ3v) is 6.15. The van der Waals surface area contributed by atoms with Crippen LogP contribution in [0.1, 0.15) is 70.1 Å². The second-order valence-corrected chi connectivity index (χ2v) is 8.16. The van der Waals surface area contributed by atoms with Crippen LogP contribution < -0.4 is 10.2 Å². The molecule has 2 aromatic rings. The maximum absolute atomic E-state index is 11.2. The highest BCUT2D eigenvalue weighted by atomic mass is 16.2. The first-order chi connectivity index (χ1) is 16.1. The molecule has 4 nitrogen and oxygen atoms in total. The average molecular weight is 454 g/mol. The highest BCUT2D eigenvalue weighted by Gasteiger charge is 2.19. The van der Waals surface area contributed by atoms with E-state index in [1.54, 1.807) is 12.5 Å². The largest absolute Gasteiger partial charge is 0.368 e. The molecule has 2 aliphatic heterocycles. The van der Waals surface area contributed by atoms with Crippen molar-refractivity contribution in [2.24, 2.45) is 0 Å². The van der Waals surface area contributed by atoms with Gasteiger partial charge in [0.1, 0.15) is 0 Å². The standard InChI is InChI=1S/C13H18N2O.C12H17N.2C2H6/c1-11-5-3-4-6-13(11)15-9-7-14(8-10-15)12(2)16;1-10-4-2-3-5-12(10)11-6-8-13-9-7-11;2*1-2/h3-6H,7-10H2,1-2H3;2-5,11,13H,6-9H2,1H3;2*1-2H3. The summed E-state index contributed by atoms with van der Waals surface area (Å²) in [6, 6.07) is 17.2. The monoisotopic (exact) mass is 453 g/mol. The number of carbonyl (C=O) groups excluding carboxylic acids is 1. The van der Waals surface area contributed by atoms with E-state index in [0.717, 1.165) is 32.1 Å². The average Bonchev–Trinajstić information content (AvgIpc) is 2.88. The van der Waals surface area contributed by atoms with Crippen LogP contribution in [0.15, 0.2) is 48.5 Å². The topological polar surface area (TPSA) is 35.6 Å². The molecule has 0 spiro atoms. The number of carbonyl (C=O) groups is 1. The van der Waals surface area contributed by atoms with Crippen molar-refractivity contribution < 1.29 is 4.79 Å². The van der Waals surface area contributed by atoms with E-state index in [2.05, 4.69) is 72.6 Å². The second-order valence-electron chi connectivity index (χ2n) is 8.16. The van der Waals surface area contributed by atoms with Crippen molar-refractivity contribution in [2.45, 2.75) is 67.2 Å². The van der Waals surface area contributed by atoms with Crippen molar-refractivity contribution >= 4 is 11.6 Å². The third-order valence-electron chi connectivity index (χ3n) is 6.15. The number of piperazine rings is 1. The molecule has 0 unspecified atom stereocenters. The van der Waals surface area contributed by atoms with Crippen LogP contribution in [0, 0.1) is 13.8 Å². The number of amides is 1. The molecule has 0 aliphatic carbocycles. The van der Waals surface area contributed by atoms with Gasteiger partial charge in [0.15, 0.2) is 0 Å². The number of piperidine rings is 1. The van der Waals surface area contributed by atoms with E-state index >= 15 is 0 Å². The summed E-state index contributed by atoms with van der Waals surface area (Å²) in [4.78, 5) is 15.5. The number of nitrogens with zero attached hydrogens (tertiary/aromatic N) is 2. The van der Waals surface area contributed by atoms with Gasteiger partial charge in [-0.2, -0.15) is 0 Å². The van der Waals surface area contributed by atoms with Gasteiger partial charge in [-0.05, 0) is 68.5 Å². The molecule has 4 rings (SSSR count). The molecular formula is C29H47N3O. The summed E-state index contributed by atoms with van der Waals surface area (Å²) in [7, 11) is 0. The number of aryl methyl sites for hydroxylation is 2. The Morgan fingerprint density at radius 1 is 0.788 bits per heavy atom. The summed E-state index contributed by atoms with van der Waals surface area (Å²) in [5.74, 6) is 0.979. The Labute approximate surface area is 203 Å². The van der Waals surface area contributed by atoms with Gasteiger partial charge in [0.2, 0.25) is 5.91 Å². The van der Waals surface area contributed by atoms with Crippen LogP contribution in [0.3, 0.4) is 0 Å². The van der Waals surface area contributed by atoms with Gasteiger partial charge in [0.05, 0.1) is 0 Å². The molecule has 0 atom stereocenters. The lowest BCUT2D eigenvalue weighted by Gasteiger charge is -2.36. The lowest BCUT2D eigenvalue weighted by molar-refractivity contribution is -0.129. The Kier molecular flexibility index (Phi) is 14.2. The molecule has 0 radical (unpaired) electrons. The molecule has 0 bridgehead atoms. The zero-order valence-electron chi connectivity index (χ0n) is 22.2. The van der Waals surface area contributed by atoms with Crippen LogP contribution in [-0.4, -0.2) is 50.1 Å². The molecule has 2 fully saturated rings. The van der Waals surface area contributed by atoms with Gasteiger partial charge in [0, 0.05) is 38.8 Å². The molecule has 1 N–H and O–H groups in total. The fourth-order valence-corrected chi connectivity index (χ4v) is 4.36. The van der Waals surface area contributed by atoms with E-state index in [9.17, 15) is 4.79 Å². The second kappa shape index (κ2) is 16.3. The molecule has 0 saturated carbocycles. The SMILES string of the molecule is CC.CC.CC(=O)N1CCN(c2ccccc2C)CC1.Cc1ccccc1C1CCNCC1. The zero-order chi connectivity index (χ0) is 24.6. The molecule has 1 amide bonds. The zero-order valence-corrected chi connectivity index (χ0v) is 22.2. The highest BCUT2D eigenvalue weighted by molar-refractivity contribution is 5.73. The Balaban J connectivity index is 0.000000291. The number of para-hydroxylation sites is 1. The number of nitrogens with one attached hydrogen (secondary N) is 1. The Hall–Kier alpha value is -2.33. The fraction of sp³-hybridized carbons (Fsp3) is 0.552. The summed E-state index contributed by atoms with van der Waals surface area (Å²) >= 11 is 0. The first-order valence-corrected chi connectivity index (χ1v) is 12.9. The molecule has 2 aromatic carbocycles. The molecule has 2 saturated heterocycles. The van der Waals surface area contributed by atoms with E-state index in [-0.39, 0.29) is 5.91 Å². The predicted molar refractivity (Wildman–Crippen MR) is 144 cm³/mol. The Morgan fingerprint density at radius 3 is 1.82 bits per heavy atom. The summed E-state index contributed by atoms with van der Waals surface area (Å²) in [5.41, 5.74) is 5.61. The maximum Gasteiger partial charge on any atom is 0.219 e. The molecule has 2 heterocycles. The van der Waals surface area contributed by atoms with Crippen LogP contribution in [0.4, 0.5) is 5.69 Å². The smallest absolute Gasteiger partial charge is 0.219 e. The first-order valence-electron chi connectivity index (χ1n) is 12.9. The van der Waals surface area contributed by atoms with E-state index in [0.29, 0.717) is 0 Å². The van der Waals surface area contributed by atoms with Crippen molar-refractivity contribution in [1.29, 1.82) is 0 Å². The highest BCUT2D eigenvalue weighted by Crippen LogP contribution is 2.27. The third kappa shape index (κ3) is 9.21. The van der Waals surface area contributed by atoms with Crippen molar-refractivity contribution in [3.63, 3.8) is 0 Å². The van der Waals surface area contributed by atoms with Gasteiger partial charge < -0.3 is 15.1 Å². The number of hydrogen-bond donors (Lipinski definition) is 1. The van der Waals surface area contributed by atoms with Crippen LogP contribution in [0.25, 0.3) is 0 Å². The minimum Gasteiger partial charge on any atom is -0.368 e. The summed E-state index contributed by atoms with van der Waals surface area (Å²) < 4.78 is 0. The van der Waals surface area contributed by atoms with Gasteiger partial charge >= 0.3 is 0 Å². The van der Waals surface area contributed by atoms with Crippen LogP contribution in [-0.2, 0) is 4.79 Å². The number of benzene rings is 2. The summed E-state index contributed by atoms with van der Waals surface area (Å²) in [6.45, 7) is 19.9. The normalized spacial score (nSPS) is 15.7. The van der Waals surface area contributed by atoms with Gasteiger partial charge in [-0.25, -0.2) is 0 Å². The molecule has 33 heavy (non-hydrogen) atoms. The summed E-state index contributed by atoms with van der Waals surface area (Å²) in [6.07, 6.45) is 2.59. The van der Waals surface area contributed by atoms with E-state index < -0.39 is 0 Å². The number of rotatable bonds is 2. The van der Waals surface area contributed by atoms with Crippen LogP contribution in [0.2, 0.25) is 0 Å². The minimum absolute atomic E-state index is 0.185. The van der Waals surface area contributed by atoms with Crippen molar-refractivity contribution in [1.82, 2.24) is 10.2 Å². The van der Waals surface area contributed by atoms with Gasteiger partial charge in [-0.1, -0.05) is 70.2 Å². The number of anilines is 1. The van der Waals surface area contributed by atoms with Gasteiger partial charge in [-0.3, -0.25) is 4.79 Å². The molecule has 2 aliphatic rings. The first kappa shape index (κ1) is 28.7. The van der Waals surface area contributed by atoms with Crippen molar-refractivity contribution in [3.8, 4) is 0 Å². The number of hydrogen-bond acceptors (Lipinski definition) is 3. The quantitative estimate of drug-likeness (QED) is 0.590. The van der Waals surface area contributed by atoms with Crippen LogP contribution >= 0.6 is 0 Å². The van der Waals surface area contributed by atoms with Gasteiger partial charge in [0.25, 0.3) is 0 Å². The van der Waals surface area contributed by atoms with E-state index in [1.165, 1.54) is 42.7 Å². The van der Waals surface area contributed by atoms with Crippen molar-refractivity contribution in [2.75, 3.05) is 44.2 Å². The Bertz CT molecular complexity index is 791. The Morgan fingerprint density at radius 2 is 1.30 bits per heavy atom. The summed E-state index contributed by atoms with van der Waals surface area (Å²) in [5, 5.41) is 3.40. The van der Waals surface area contributed by atoms with E-state index in [1.807, 2.05) is 32.6 Å². The lowest BCUT2D eigenvalue weighted by Crippen LogP contribution is -2.48. The predicted octanol–water partition coefficient (Wildman–Crippen LogP) is 6.18. The molecule has 4 heteroatoms. The molecule has 184 valence electrons. The van der Waals surface area contributed by atoms with Crippen molar-refractivity contribution in [3.05, 3.63) is 65.2 Å². The lowest BCUT2D eigenvalue weighted by atomic mass is 9.88. The maximum atomic E-state index is 11.2. The van der Waals surface area contributed by atoms with Crippen LogP contribution in [0.5, 0.6) is 0 Å². The van der Waals surface area contributed by atoms with E-state index in [4.69, 9.17) is 0 Å². The van der Waals surface area contributed by atoms with Gasteiger partial charge in [-0.15, -0.1) is 0 Å². The molecular weight excluding hydrogens is 406 g/mol. The molecule has 0 aromatic heterocycles.